The number of carbonyl (C=O) groups is 3. The lowest BCUT2D eigenvalue weighted by Crippen LogP contribution is -2.53. The second-order valence-corrected chi connectivity index (χ2v) is 4.62. The summed E-state index contributed by atoms with van der Waals surface area (Å²) in [6.07, 6.45) is -4.93. The maximum Gasteiger partial charge on any atom is 0.417 e. The average Bonchev–Trinajstić information content (AvgIpc) is 2.47. The second-order valence-electron chi connectivity index (χ2n) is 4.62. The Balaban J connectivity index is 2.77. The first kappa shape index (κ1) is 15.7. The Morgan fingerprint density at radius 3 is 1.77 bits per heavy atom. The Hall–Kier alpha value is -2.64. The van der Waals surface area contributed by atoms with Crippen LogP contribution in [0.5, 0.6) is 0 Å². The Morgan fingerprint density at radius 2 is 1.36 bits per heavy atom. The molecule has 1 fully saturated rings. The SMILES string of the molecule is CN1C(=O)C(=C(c2ccccc2)C(F)(F)F)C(=O)N(C)C1=O. The molecule has 22 heavy (non-hydrogen) atoms. The highest BCUT2D eigenvalue weighted by molar-refractivity contribution is 6.32. The van der Waals surface area contributed by atoms with Crippen molar-refractivity contribution in [1.29, 1.82) is 0 Å². The van der Waals surface area contributed by atoms with Crippen molar-refractivity contribution < 1.29 is 27.6 Å². The van der Waals surface area contributed by atoms with Crippen molar-refractivity contribution in [3.05, 3.63) is 41.5 Å². The molecule has 0 atom stereocenters. The molecule has 0 spiro atoms. The van der Waals surface area contributed by atoms with Gasteiger partial charge in [-0.1, -0.05) is 30.3 Å². The molecule has 2 rings (SSSR count). The van der Waals surface area contributed by atoms with Gasteiger partial charge in [-0.25, -0.2) is 4.79 Å². The molecule has 0 radical (unpaired) electrons. The van der Waals surface area contributed by atoms with Crippen molar-refractivity contribution in [3.8, 4) is 0 Å². The number of barbiturate groups is 1. The van der Waals surface area contributed by atoms with E-state index in [9.17, 15) is 27.6 Å². The number of hydrogen-bond donors (Lipinski definition) is 0. The smallest absolute Gasteiger partial charge is 0.268 e. The normalized spacial score (nSPS) is 16.4. The maximum absolute atomic E-state index is 13.4. The maximum atomic E-state index is 13.4. The van der Waals surface area contributed by atoms with Gasteiger partial charge in [-0.2, -0.15) is 13.2 Å². The summed E-state index contributed by atoms with van der Waals surface area (Å²) < 4.78 is 40.2. The molecule has 0 aliphatic carbocycles. The standard InChI is InChI=1S/C14H11F3N2O3/c1-18-11(20)9(12(21)19(2)13(18)22)10(14(15,16)17)8-6-4-3-5-7-8/h3-7H,1-2H3. The predicted octanol–water partition coefficient (Wildman–Crippen LogP) is 2.05. The molecule has 116 valence electrons. The van der Waals surface area contributed by atoms with E-state index >= 15 is 0 Å². The summed E-state index contributed by atoms with van der Waals surface area (Å²) in [5.41, 5.74) is -2.74. The van der Waals surface area contributed by atoms with Gasteiger partial charge >= 0.3 is 12.2 Å². The molecule has 0 N–H and O–H groups in total. The van der Waals surface area contributed by atoms with Crippen LogP contribution in [0.25, 0.3) is 5.57 Å². The van der Waals surface area contributed by atoms with Gasteiger partial charge in [0.2, 0.25) is 0 Å². The van der Waals surface area contributed by atoms with Crippen molar-refractivity contribution in [2.45, 2.75) is 6.18 Å². The fourth-order valence-electron chi connectivity index (χ4n) is 2.09. The van der Waals surface area contributed by atoms with Gasteiger partial charge in [-0.05, 0) is 5.56 Å². The van der Waals surface area contributed by atoms with Gasteiger partial charge in [-0.3, -0.25) is 19.4 Å². The van der Waals surface area contributed by atoms with E-state index in [-0.39, 0.29) is 5.56 Å². The number of imide groups is 2. The molecular weight excluding hydrogens is 301 g/mol. The summed E-state index contributed by atoms with van der Waals surface area (Å²) in [5.74, 6) is -2.55. The van der Waals surface area contributed by atoms with E-state index in [1.54, 1.807) is 0 Å². The second kappa shape index (κ2) is 5.28. The van der Waals surface area contributed by atoms with Crippen LogP contribution in [0.3, 0.4) is 0 Å². The summed E-state index contributed by atoms with van der Waals surface area (Å²) in [6.45, 7) is 0. The summed E-state index contributed by atoms with van der Waals surface area (Å²) in [6, 6.07) is 5.54. The van der Waals surface area contributed by atoms with Crippen molar-refractivity contribution in [1.82, 2.24) is 9.80 Å². The highest BCUT2D eigenvalue weighted by Gasteiger charge is 2.47. The third-order valence-corrected chi connectivity index (χ3v) is 3.21. The lowest BCUT2D eigenvalue weighted by molar-refractivity contribution is -0.135. The summed E-state index contributed by atoms with van der Waals surface area (Å²) in [5, 5.41) is 0. The first-order valence-electron chi connectivity index (χ1n) is 6.13. The third kappa shape index (κ3) is 2.47. The summed E-state index contributed by atoms with van der Waals surface area (Å²) >= 11 is 0. The lowest BCUT2D eigenvalue weighted by atomic mass is 9.96. The van der Waals surface area contributed by atoms with E-state index in [4.69, 9.17) is 0 Å². The van der Waals surface area contributed by atoms with Crippen LogP contribution >= 0.6 is 0 Å². The molecule has 1 aromatic carbocycles. The third-order valence-electron chi connectivity index (χ3n) is 3.21. The summed E-state index contributed by atoms with van der Waals surface area (Å²) in [4.78, 5) is 36.7. The number of alkyl halides is 3. The van der Waals surface area contributed by atoms with Crippen LogP contribution in [-0.2, 0) is 9.59 Å². The molecule has 1 saturated heterocycles. The predicted molar refractivity (Wildman–Crippen MR) is 70.4 cm³/mol. The molecule has 1 heterocycles. The van der Waals surface area contributed by atoms with E-state index < -0.39 is 35.2 Å². The highest BCUT2D eigenvalue weighted by atomic mass is 19.4. The number of urea groups is 1. The van der Waals surface area contributed by atoms with Crippen LogP contribution in [0, 0.1) is 0 Å². The number of hydrogen-bond acceptors (Lipinski definition) is 3. The number of carbonyl (C=O) groups excluding carboxylic acids is 3. The number of halogens is 3. The first-order chi connectivity index (χ1) is 10.2. The quantitative estimate of drug-likeness (QED) is 0.589. The van der Waals surface area contributed by atoms with E-state index in [1.165, 1.54) is 18.2 Å². The fourth-order valence-corrected chi connectivity index (χ4v) is 2.09. The van der Waals surface area contributed by atoms with Gasteiger partial charge in [0.15, 0.2) is 0 Å². The zero-order chi connectivity index (χ0) is 16.7. The van der Waals surface area contributed by atoms with Gasteiger partial charge < -0.3 is 0 Å². The van der Waals surface area contributed by atoms with E-state index in [1.807, 2.05) is 0 Å². The minimum absolute atomic E-state index is 0.317. The van der Waals surface area contributed by atoms with Crippen molar-refractivity contribution in [3.63, 3.8) is 0 Å². The first-order valence-corrected chi connectivity index (χ1v) is 6.13. The van der Waals surface area contributed by atoms with Gasteiger partial charge in [0.05, 0.1) is 5.57 Å². The largest absolute Gasteiger partial charge is 0.417 e. The van der Waals surface area contributed by atoms with E-state index in [2.05, 4.69) is 0 Å². The monoisotopic (exact) mass is 312 g/mol. The van der Waals surface area contributed by atoms with Crippen LogP contribution in [0.15, 0.2) is 35.9 Å². The molecule has 8 heteroatoms. The van der Waals surface area contributed by atoms with Crippen LogP contribution in [-0.4, -0.2) is 47.9 Å². The zero-order valence-electron chi connectivity index (χ0n) is 11.6. The van der Waals surface area contributed by atoms with E-state index in [0.717, 1.165) is 26.2 Å². The Kier molecular flexibility index (Phi) is 3.78. The average molecular weight is 312 g/mol. The summed E-state index contributed by atoms with van der Waals surface area (Å²) in [7, 11) is 2.04. The van der Waals surface area contributed by atoms with Crippen LogP contribution < -0.4 is 0 Å². The molecule has 1 aromatic rings. The lowest BCUT2D eigenvalue weighted by Gasteiger charge is -2.30. The van der Waals surface area contributed by atoms with E-state index in [0.29, 0.717) is 9.80 Å². The van der Waals surface area contributed by atoms with Crippen LogP contribution in [0.4, 0.5) is 18.0 Å². The molecule has 4 amide bonds. The number of allylic oxidation sites excluding steroid dienone is 1. The van der Waals surface area contributed by atoms with Crippen molar-refractivity contribution >= 4 is 23.4 Å². The molecule has 1 aliphatic heterocycles. The van der Waals surface area contributed by atoms with Gasteiger partial charge in [0, 0.05) is 14.1 Å². The zero-order valence-corrected chi connectivity index (χ0v) is 11.6. The Morgan fingerprint density at radius 1 is 0.909 bits per heavy atom. The fraction of sp³-hybridized carbons (Fsp3) is 0.214. The number of nitrogens with zero attached hydrogens (tertiary/aromatic N) is 2. The van der Waals surface area contributed by atoms with Crippen LogP contribution in [0.2, 0.25) is 0 Å². The highest BCUT2D eigenvalue weighted by Crippen LogP contribution is 2.38. The van der Waals surface area contributed by atoms with Gasteiger partial charge in [0.25, 0.3) is 11.8 Å². The minimum atomic E-state index is -4.93. The number of rotatable bonds is 1. The van der Waals surface area contributed by atoms with Crippen molar-refractivity contribution in [2.24, 2.45) is 0 Å². The number of likely N-dealkylation sites (N-methyl/N-ethyl adjacent to an activating group) is 2. The van der Waals surface area contributed by atoms with Crippen molar-refractivity contribution in [2.75, 3.05) is 14.1 Å². The molecular formula is C14H11F3N2O3. The van der Waals surface area contributed by atoms with Gasteiger partial charge in [0.1, 0.15) is 5.57 Å². The Labute approximate surface area is 123 Å². The van der Waals surface area contributed by atoms with Gasteiger partial charge in [-0.15, -0.1) is 0 Å². The molecule has 0 saturated carbocycles. The minimum Gasteiger partial charge on any atom is -0.268 e. The molecule has 0 aromatic heterocycles. The topological polar surface area (TPSA) is 57.7 Å². The van der Waals surface area contributed by atoms with Crippen LogP contribution in [0.1, 0.15) is 5.56 Å². The number of amides is 4. The molecule has 5 nitrogen and oxygen atoms in total. The molecule has 0 unspecified atom stereocenters. The number of benzene rings is 1. The molecule has 1 aliphatic rings. The molecule has 0 bridgehead atoms. The Bertz CT molecular complexity index is 654.